The molecule has 1 aromatic heterocycles. The molecule has 0 atom stereocenters. The monoisotopic (exact) mass is 252 g/mol. The summed E-state index contributed by atoms with van der Waals surface area (Å²) in [6.45, 7) is 0. The molecule has 0 bridgehead atoms. The lowest BCUT2D eigenvalue weighted by atomic mass is 10.1. The van der Waals surface area contributed by atoms with E-state index in [2.05, 4.69) is 10.3 Å². The Kier molecular flexibility index (Phi) is 2.19. The summed E-state index contributed by atoms with van der Waals surface area (Å²) in [5, 5.41) is 3.56. The number of rotatable bonds is 0. The summed E-state index contributed by atoms with van der Waals surface area (Å²) < 4.78 is 42.8. The molecule has 1 aromatic carbocycles. The van der Waals surface area contributed by atoms with Gasteiger partial charge in [-0.05, 0) is 12.1 Å². The van der Waals surface area contributed by atoms with Gasteiger partial charge in [0.25, 0.3) is 0 Å². The molecule has 0 spiro atoms. The van der Waals surface area contributed by atoms with Gasteiger partial charge in [0.2, 0.25) is 0 Å². The predicted molar refractivity (Wildman–Crippen MR) is 60.1 cm³/mol. The van der Waals surface area contributed by atoms with Crippen LogP contribution >= 0.6 is 0 Å². The Balaban J connectivity index is 2.18. The predicted octanol–water partition coefficient (Wildman–Crippen LogP) is 3.53. The highest BCUT2D eigenvalue weighted by atomic mass is 19.4. The quantitative estimate of drug-likeness (QED) is 0.778. The van der Waals surface area contributed by atoms with Gasteiger partial charge in [-0.2, -0.15) is 13.2 Å². The minimum absolute atomic E-state index is 0.251. The van der Waals surface area contributed by atoms with Crippen molar-refractivity contribution in [3.05, 3.63) is 42.4 Å². The second-order valence-corrected chi connectivity index (χ2v) is 3.80. The van der Waals surface area contributed by atoms with Crippen molar-refractivity contribution in [1.29, 1.82) is 0 Å². The lowest BCUT2D eigenvalue weighted by molar-refractivity contribution is -0.140. The van der Waals surface area contributed by atoms with Crippen molar-refractivity contribution in [3.63, 3.8) is 0 Å². The number of alkyl halides is 3. The number of nitrogens with one attached hydrogen (secondary N) is 1. The van der Waals surface area contributed by atoms with E-state index in [9.17, 15) is 13.2 Å². The van der Waals surface area contributed by atoms with Crippen LogP contribution in [0.2, 0.25) is 0 Å². The van der Waals surface area contributed by atoms with Gasteiger partial charge in [0.15, 0.2) is 5.75 Å². The summed E-state index contributed by atoms with van der Waals surface area (Å²) in [5.41, 5.74) is 0.0431. The molecule has 0 saturated carbocycles. The second-order valence-electron chi connectivity index (χ2n) is 3.80. The van der Waals surface area contributed by atoms with Gasteiger partial charge < -0.3 is 10.1 Å². The van der Waals surface area contributed by atoms with Crippen molar-refractivity contribution < 1.29 is 17.9 Å². The molecule has 3 rings (SSSR count). The third-order valence-corrected chi connectivity index (χ3v) is 2.58. The van der Waals surface area contributed by atoms with Crippen molar-refractivity contribution in [3.8, 4) is 5.75 Å². The molecule has 0 amide bonds. The Labute approximate surface area is 99.9 Å². The van der Waals surface area contributed by atoms with E-state index in [1.807, 2.05) is 0 Å². The molecule has 1 N–H and O–H groups in total. The third-order valence-electron chi connectivity index (χ3n) is 2.58. The number of hydrogen-bond acceptors (Lipinski definition) is 3. The first-order chi connectivity index (χ1) is 8.54. The zero-order valence-electron chi connectivity index (χ0n) is 8.95. The van der Waals surface area contributed by atoms with Gasteiger partial charge in [0.1, 0.15) is 12.0 Å². The minimum Gasteiger partial charge on any atom is -0.461 e. The largest absolute Gasteiger partial charge is 0.461 e. The van der Waals surface area contributed by atoms with Crippen LogP contribution in [0.3, 0.4) is 0 Å². The van der Waals surface area contributed by atoms with E-state index in [4.69, 9.17) is 4.74 Å². The van der Waals surface area contributed by atoms with E-state index in [1.54, 1.807) is 12.3 Å². The van der Waals surface area contributed by atoms with E-state index >= 15 is 0 Å². The summed E-state index contributed by atoms with van der Waals surface area (Å²) in [7, 11) is 0. The number of benzene rings is 1. The van der Waals surface area contributed by atoms with Crippen LogP contribution in [0.15, 0.2) is 36.7 Å². The Morgan fingerprint density at radius 2 is 2.00 bits per heavy atom. The zero-order valence-corrected chi connectivity index (χ0v) is 8.95. The molecule has 2 heterocycles. The molecular weight excluding hydrogens is 245 g/mol. The van der Waals surface area contributed by atoms with Crippen molar-refractivity contribution in [2.75, 3.05) is 5.32 Å². The number of fused-ring (bicyclic) bond motifs is 2. The summed E-state index contributed by atoms with van der Waals surface area (Å²) in [5.74, 6) is 0.455. The molecule has 1 aliphatic heterocycles. The zero-order chi connectivity index (χ0) is 12.8. The van der Waals surface area contributed by atoms with E-state index in [0.717, 1.165) is 6.07 Å². The highest BCUT2D eigenvalue weighted by Crippen LogP contribution is 2.34. The lowest BCUT2D eigenvalue weighted by Gasteiger charge is -2.14. The average Bonchev–Trinajstić information content (AvgIpc) is 2.34. The Morgan fingerprint density at radius 3 is 2.78 bits per heavy atom. The molecule has 92 valence electrons. The second kappa shape index (κ2) is 3.63. The van der Waals surface area contributed by atoms with Gasteiger partial charge in [0, 0.05) is 17.7 Å². The van der Waals surface area contributed by atoms with E-state index in [-0.39, 0.29) is 5.52 Å². The van der Waals surface area contributed by atoms with Crippen molar-refractivity contribution in [1.82, 2.24) is 4.98 Å². The molecule has 6 heteroatoms. The molecular formula is C12H7F3N2O. The molecule has 0 unspecified atom stereocenters. The molecule has 18 heavy (non-hydrogen) atoms. The lowest BCUT2D eigenvalue weighted by Crippen LogP contribution is -2.08. The molecule has 0 saturated heterocycles. The molecule has 0 aliphatic carbocycles. The highest BCUT2D eigenvalue weighted by Gasteiger charge is 2.32. The van der Waals surface area contributed by atoms with Gasteiger partial charge in [-0.25, -0.2) is 4.98 Å². The first-order valence-electron chi connectivity index (χ1n) is 5.14. The maximum Gasteiger partial charge on any atom is 0.433 e. The molecule has 0 fully saturated rings. The smallest absolute Gasteiger partial charge is 0.433 e. The van der Waals surface area contributed by atoms with E-state index < -0.39 is 11.9 Å². The normalized spacial score (nSPS) is 13.9. The van der Waals surface area contributed by atoms with Gasteiger partial charge >= 0.3 is 6.18 Å². The maximum atomic E-state index is 12.5. The fourth-order valence-electron chi connectivity index (χ4n) is 1.75. The van der Waals surface area contributed by atoms with Crippen LogP contribution in [-0.2, 0) is 6.18 Å². The Bertz CT molecular complexity index is 650. The molecule has 1 aliphatic rings. The fraction of sp³-hybridized carbons (Fsp3) is 0.0833. The SMILES string of the molecule is FC(F)(F)c1ccc2cc3c(cc2n1)OC=CN3. The van der Waals surface area contributed by atoms with Crippen molar-refractivity contribution in [2.24, 2.45) is 0 Å². The molecule has 2 aromatic rings. The van der Waals surface area contributed by atoms with Crippen molar-refractivity contribution >= 4 is 16.6 Å². The topological polar surface area (TPSA) is 34.1 Å². The summed E-state index contributed by atoms with van der Waals surface area (Å²) in [6, 6.07) is 5.54. The Morgan fingerprint density at radius 1 is 1.17 bits per heavy atom. The average molecular weight is 252 g/mol. The standard InChI is InChI=1S/C12H7F3N2O/c13-12(14,15)11-2-1-7-5-9-10(6-8(7)17-11)18-4-3-16-9/h1-6,16H. The first kappa shape index (κ1) is 10.9. The van der Waals surface area contributed by atoms with Gasteiger partial charge in [-0.15, -0.1) is 0 Å². The van der Waals surface area contributed by atoms with Crippen molar-refractivity contribution in [2.45, 2.75) is 6.18 Å². The molecule has 0 radical (unpaired) electrons. The van der Waals surface area contributed by atoms with Crippen LogP contribution in [0, 0.1) is 0 Å². The van der Waals surface area contributed by atoms with Gasteiger partial charge in [-0.1, -0.05) is 6.07 Å². The number of aromatic nitrogens is 1. The summed E-state index contributed by atoms with van der Waals surface area (Å²) >= 11 is 0. The van der Waals surface area contributed by atoms with Crippen LogP contribution < -0.4 is 10.1 Å². The van der Waals surface area contributed by atoms with Crippen LogP contribution in [0.1, 0.15) is 5.69 Å². The third kappa shape index (κ3) is 1.75. The number of halogens is 3. The molecule has 3 nitrogen and oxygen atoms in total. The highest BCUT2D eigenvalue weighted by molar-refractivity contribution is 5.86. The van der Waals surface area contributed by atoms with Crippen LogP contribution in [0.25, 0.3) is 10.9 Å². The number of nitrogens with zero attached hydrogens (tertiary/aromatic N) is 1. The number of anilines is 1. The van der Waals surface area contributed by atoms with E-state index in [1.165, 1.54) is 18.4 Å². The van der Waals surface area contributed by atoms with Gasteiger partial charge in [-0.3, -0.25) is 0 Å². The summed E-state index contributed by atoms with van der Waals surface area (Å²) in [4.78, 5) is 3.60. The minimum atomic E-state index is -4.44. The van der Waals surface area contributed by atoms with Gasteiger partial charge in [0.05, 0.1) is 11.2 Å². The van der Waals surface area contributed by atoms with Crippen LogP contribution in [0.5, 0.6) is 5.75 Å². The summed E-state index contributed by atoms with van der Waals surface area (Å²) in [6.07, 6.45) is -1.42. The maximum absolute atomic E-state index is 12.5. The van der Waals surface area contributed by atoms with Crippen LogP contribution in [0.4, 0.5) is 18.9 Å². The number of ether oxygens (including phenoxy) is 1. The first-order valence-corrected chi connectivity index (χ1v) is 5.14. The van der Waals surface area contributed by atoms with Crippen LogP contribution in [-0.4, -0.2) is 4.98 Å². The fourth-order valence-corrected chi connectivity index (χ4v) is 1.75. The van der Waals surface area contributed by atoms with E-state index in [0.29, 0.717) is 16.8 Å². The Hall–Kier alpha value is -2.24. The number of pyridine rings is 1. The number of hydrogen-bond donors (Lipinski definition) is 1.